The minimum Gasteiger partial charge on any atom is -0.456 e. The summed E-state index contributed by atoms with van der Waals surface area (Å²) < 4.78 is 5.95. The number of carbonyl (C=O) groups excluding carboxylic acids is 3. The molecule has 4 aromatic rings. The van der Waals surface area contributed by atoms with Crippen LogP contribution in [0.25, 0.3) is 10.2 Å². The quantitative estimate of drug-likeness (QED) is 0.244. The molecule has 2 aliphatic rings. The molecule has 0 spiro atoms. The van der Waals surface area contributed by atoms with Crippen LogP contribution >= 0.6 is 11.3 Å². The fourth-order valence-electron chi connectivity index (χ4n) is 5.36. The highest BCUT2D eigenvalue weighted by molar-refractivity contribution is 7.21. The molecule has 0 bridgehead atoms. The Kier molecular flexibility index (Phi) is 6.88. The van der Waals surface area contributed by atoms with Crippen LogP contribution in [0.4, 0.5) is 21.9 Å². The van der Waals surface area contributed by atoms with Gasteiger partial charge in [-0.15, -0.1) is 11.3 Å². The van der Waals surface area contributed by atoms with Gasteiger partial charge in [0.2, 0.25) is 5.91 Å². The topological polar surface area (TPSA) is 126 Å². The highest BCUT2D eigenvalue weighted by Gasteiger charge is 2.35. The van der Waals surface area contributed by atoms with E-state index in [2.05, 4.69) is 32.5 Å². The van der Waals surface area contributed by atoms with Gasteiger partial charge in [-0.05, 0) is 81.1 Å². The number of carbonyl (C=O) groups is 3. The second-order valence-electron chi connectivity index (χ2n) is 10.1. The number of hydrogen-bond donors (Lipinski definition) is 3. The van der Waals surface area contributed by atoms with Crippen molar-refractivity contribution in [3.63, 3.8) is 0 Å². The van der Waals surface area contributed by atoms with E-state index in [-0.39, 0.29) is 29.9 Å². The third-order valence-electron chi connectivity index (χ3n) is 7.33. The number of nitrogens with zero attached hydrogens (tertiary/aromatic N) is 3. The molecule has 11 heteroatoms. The highest BCUT2D eigenvalue weighted by atomic mass is 32.1. The van der Waals surface area contributed by atoms with Crippen LogP contribution in [0.5, 0.6) is 11.5 Å². The molecule has 2 atom stereocenters. The van der Waals surface area contributed by atoms with Gasteiger partial charge in [-0.1, -0.05) is 6.58 Å². The Morgan fingerprint density at radius 3 is 2.59 bits per heavy atom. The average Bonchev–Trinajstić information content (AvgIpc) is 3.55. The molecular weight excluding hydrogens is 540 g/mol. The lowest BCUT2D eigenvalue weighted by molar-refractivity contribution is -0.117. The molecule has 2 unspecified atom stereocenters. The van der Waals surface area contributed by atoms with E-state index in [4.69, 9.17) is 4.74 Å². The van der Waals surface area contributed by atoms with E-state index in [1.54, 1.807) is 29.4 Å². The van der Waals surface area contributed by atoms with Gasteiger partial charge in [-0.3, -0.25) is 19.5 Å². The molecule has 1 aliphatic heterocycles. The maximum Gasteiger partial charge on any atom is 0.331 e. The molecule has 6 rings (SSSR count). The second kappa shape index (κ2) is 10.7. The van der Waals surface area contributed by atoms with E-state index in [0.29, 0.717) is 43.7 Å². The van der Waals surface area contributed by atoms with Crippen molar-refractivity contribution in [3.05, 3.63) is 77.6 Å². The molecule has 1 fully saturated rings. The molecule has 3 aromatic heterocycles. The molecule has 41 heavy (non-hydrogen) atoms. The molecule has 10 nitrogen and oxygen atoms in total. The SMILES string of the molecule is C=CC(=O)NC1CCCC1NC(=O)c1sc2nccc3c2c1NC(=O)N3c1ccc(Oc2ccc(C)nc2)cc1C. The van der Waals surface area contributed by atoms with Crippen LogP contribution in [0.15, 0.2) is 61.4 Å². The van der Waals surface area contributed by atoms with Crippen LogP contribution in [0.3, 0.4) is 0 Å². The van der Waals surface area contributed by atoms with Gasteiger partial charge >= 0.3 is 6.03 Å². The summed E-state index contributed by atoms with van der Waals surface area (Å²) in [5.41, 5.74) is 3.49. The van der Waals surface area contributed by atoms with E-state index in [0.717, 1.165) is 30.5 Å². The van der Waals surface area contributed by atoms with E-state index in [9.17, 15) is 14.4 Å². The number of amides is 4. The number of anilines is 3. The standard InChI is InChI=1S/C30H28N6O4S/c1-4-24(37)33-20-6-5-7-21(20)34-28(38)27-26-25-23(12-13-31-29(25)41-27)36(30(39)35-26)22-11-10-18(14-16(22)2)40-19-9-8-17(3)32-15-19/h4,8-15,20-21H,1,5-7H2,2-3H3,(H,33,37)(H,34,38)(H,35,39). The second-order valence-corrected chi connectivity index (χ2v) is 11.1. The molecule has 1 aliphatic carbocycles. The zero-order valence-electron chi connectivity index (χ0n) is 22.6. The minimum absolute atomic E-state index is 0.175. The Hall–Kier alpha value is -4.77. The number of thiophene rings is 1. The normalized spacial score (nSPS) is 17.7. The summed E-state index contributed by atoms with van der Waals surface area (Å²) in [6.45, 7) is 7.32. The number of ether oxygens (including phenoxy) is 1. The minimum atomic E-state index is -0.381. The Morgan fingerprint density at radius 1 is 1.07 bits per heavy atom. The van der Waals surface area contributed by atoms with Crippen molar-refractivity contribution in [3.8, 4) is 11.5 Å². The van der Waals surface area contributed by atoms with Crippen molar-refractivity contribution in [2.45, 2.75) is 45.2 Å². The maximum atomic E-state index is 13.6. The highest BCUT2D eigenvalue weighted by Crippen LogP contribution is 2.46. The summed E-state index contributed by atoms with van der Waals surface area (Å²) in [5.74, 6) is 0.668. The summed E-state index contributed by atoms with van der Waals surface area (Å²) in [6.07, 6.45) is 6.93. The maximum absolute atomic E-state index is 13.6. The predicted octanol–water partition coefficient (Wildman–Crippen LogP) is 5.74. The molecule has 1 saturated carbocycles. The number of rotatable bonds is 7. The van der Waals surface area contributed by atoms with E-state index in [1.165, 1.54) is 17.4 Å². The van der Waals surface area contributed by atoms with Gasteiger partial charge in [0.15, 0.2) is 0 Å². The number of aromatic nitrogens is 2. The first-order valence-electron chi connectivity index (χ1n) is 13.3. The first kappa shape index (κ1) is 26.5. The fourth-order valence-corrected chi connectivity index (χ4v) is 6.38. The largest absolute Gasteiger partial charge is 0.456 e. The lowest BCUT2D eigenvalue weighted by Gasteiger charge is -2.29. The summed E-state index contributed by atoms with van der Waals surface area (Å²) in [6, 6.07) is 10.2. The van der Waals surface area contributed by atoms with Crippen molar-refractivity contribution in [2.75, 3.05) is 10.2 Å². The van der Waals surface area contributed by atoms with Crippen molar-refractivity contribution < 1.29 is 19.1 Å². The zero-order chi connectivity index (χ0) is 28.7. The van der Waals surface area contributed by atoms with Gasteiger partial charge in [0.1, 0.15) is 21.2 Å². The molecule has 4 heterocycles. The van der Waals surface area contributed by atoms with Crippen LogP contribution in [-0.2, 0) is 4.79 Å². The molecular formula is C30H28N6O4S. The smallest absolute Gasteiger partial charge is 0.331 e. The van der Waals surface area contributed by atoms with Gasteiger partial charge in [-0.25, -0.2) is 9.78 Å². The molecule has 3 N–H and O–H groups in total. The molecule has 0 radical (unpaired) electrons. The molecule has 1 aromatic carbocycles. The number of pyridine rings is 2. The van der Waals surface area contributed by atoms with Crippen LogP contribution in [0.1, 0.15) is 40.2 Å². The van der Waals surface area contributed by atoms with Gasteiger partial charge in [0.25, 0.3) is 5.91 Å². The Bertz CT molecular complexity index is 1700. The van der Waals surface area contributed by atoms with Gasteiger partial charge < -0.3 is 20.7 Å². The molecule has 208 valence electrons. The number of nitrogens with one attached hydrogen (secondary N) is 3. The van der Waals surface area contributed by atoms with E-state index in [1.807, 2.05) is 38.1 Å². The Labute approximate surface area is 240 Å². The lowest BCUT2D eigenvalue weighted by Crippen LogP contribution is -2.48. The van der Waals surface area contributed by atoms with Gasteiger partial charge in [-0.2, -0.15) is 0 Å². The van der Waals surface area contributed by atoms with Gasteiger partial charge in [0.05, 0.1) is 28.6 Å². The fraction of sp³-hybridized carbons (Fsp3) is 0.233. The van der Waals surface area contributed by atoms with Crippen molar-refractivity contribution >= 4 is 56.5 Å². The van der Waals surface area contributed by atoms with Crippen LogP contribution < -0.4 is 25.6 Å². The average molecular weight is 569 g/mol. The van der Waals surface area contributed by atoms with Gasteiger partial charge in [0, 0.05) is 24.0 Å². The number of urea groups is 1. The first-order valence-corrected chi connectivity index (χ1v) is 14.1. The monoisotopic (exact) mass is 568 g/mol. The summed E-state index contributed by atoms with van der Waals surface area (Å²) in [7, 11) is 0. The van der Waals surface area contributed by atoms with Crippen LogP contribution in [-0.4, -0.2) is 39.9 Å². The Balaban J connectivity index is 1.29. The Morgan fingerprint density at radius 2 is 1.85 bits per heavy atom. The molecule has 4 amide bonds. The van der Waals surface area contributed by atoms with Crippen LogP contribution in [0, 0.1) is 13.8 Å². The number of benzene rings is 1. The predicted molar refractivity (Wildman–Crippen MR) is 158 cm³/mol. The number of aryl methyl sites for hydroxylation is 2. The third-order valence-corrected chi connectivity index (χ3v) is 8.42. The molecule has 0 saturated heterocycles. The van der Waals surface area contributed by atoms with Crippen molar-refractivity contribution in [1.82, 2.24) is 20.6 Å². The van der Waals surface area contributed by atoms with E-state index >= 15 is 0 Å². The lowest BCUT2D eigenvalue weighted by atomic mass is 10.1. The van der Waals surface area contributed by atoms with E-state index < -0.39 is 0 Å². The van der Waals surface area contributed by atoms with Crippen molar-refractivity contribution in [1.29, 1.82) is 0 Å². The summed E-state index contributed by atoms with van der Waals surface area (Å²) in [5, 5.41) is 9.60. The number of hydrogen-bond acceptors (Lipinski definition) is 7. The first-order chi connectivity index (χ1) is 19.8. The van der Waals surface area contributed by atoms with Crippen LogP contribution in [0.2, 0.25) is 0 Å². The third kappa shape index (κ3) is 5.00. The summed E-state index contributed by atoms with van der Waals surface area (Å²) >= 11 is 1.23. The summed E-state index contributed by atoms with van der Waals surface area (Å²) in [4.78, 5) is 50.2. The van der Waals surface area contributed by atoms with Crippen molar-refractivity contribution in [2.24, 2.45) is 0 Å². The zero-order valence-corrected chi connectivity index (χ0v) is 23.4.